The fourth-order valence-electron chi connectivity index (χ4n) is 11.8. The molecule has 64 heavy (non-hydrogen) atoms. The van der Waals surface area contributed by atoms with Gasteiger partial charge in [-0.1, -0.05) is 166 Å². The van der Waals surface area contributed by atoms with Crippen LogP contribution in [-0.4, -0.2) is 0 Å². The van der Waals surface area contributed by atoms with Crippen molar-refractivity contribution in [3.05, 3.63) is 221 Å². The average molecular weight is 825 g/mol. The molecule has 2 heteroatoms. The monoisotopic (exact) mass is 824 g/mol. The van der Waals surface area contributed by atoms with Crippen molar-refractivity contribution in [2.45, 2.75) is 65.2 Å². The van der Waals surface area contributed by atoms with Crippen LogP contribution in [0.1, 0.15) is 68.4 Å². The number of benzene rings is 9. The number of allylic oxidation sites excluding steroid dienone is 3. The molecule has 0 N–H and O–H groups in total. The molecule has 0 radical (unpaired) electrons. The summed E-state index contributed by atoms with van der Waals surface area (Å²) in [6.45, 7) is 14.0. The molecule has 0 fully saturated rings. The third-order valence-electron chi connectivity index (χ3n) is 14.7. The molecule has 0 unspecified atom stereocenters. The van der Waals surface area contributed by atoms with Crippen molar-refractivity contribution < 1.29 is 0 Å². The second-order valence-electron chi connectivity index (χ2n) is 19.4. The average Bonchev–Trinajstić information content (AvgIpc) is 3.30. The van der Waals surface area contributed by atoms with E-state index in [0.717, 1.165) is 18.5 Å². The predicted molar refractivity (Wildman–Crippen MR) is 273 cm³/mol. The lowest BCUT2D eigenvalue weighted by Gasteiger charge is -2.44. The van der Waals surface area contributed by atoms with Crippen LogP contribution >= 0.6 is 0 Å². The maximum atomic E-state index is 2.55. The van der Waals surface area contributed by atoms with Gasteiger partial charge in [-0.15, -0.1) is 0 Å². The summed E-state index contributed by atoms with van der Waals surface area (Å²) >= 11 is 0. The minimum Gasteiger partial charge on any atom is -0.310 e. The molecule has 0 saturated carbocycles. The molecule has 0 saturated heterocycles. The molecule has 0 aromatic heterocycles. The molecule has 2 nitrogen and oxygen atoms in total. The van der Waals surface area contributed by atoms with Crippen LogP contribution in [0.3, 0.4) is 0 Å². The first-order chi connectivity index (χ1) is 31.1. The second kappa shape index (κ2) is 14.2. The molecule has 3 aliphatic rings. The van der Waals surface area contributed by atoms with Crippen molar-refractivity contribution in [3.63, 3.8) is 0 Å². The summed E-state index contributed by atoms with van der Waals surface area (Å²) in [5.74, 6) is 0. The third-order valence-corrected chi connectivity index (χ3v) is 14.7. The first kappa shape index (κ1) is 38.5. The third kappa shape index (κ3) is 5.71. The first-order valence-electron chi connectivity index (χ1n) is 23.0. The molecule has 0 bridgehead atoms. The van der Waals surface area contributed by atoms with Gasteiger partial charge < -0.3 is 9.80 Å². The van der Waals surface area contributed by atoms with Crippen molar-refractivity contribution in [1.82, 2.24) is 0 Å². The zero-order valence-corrected chi connectivity index (χ0v) is 37.6. The largest absolute Gasteiger partial charge is 0.310 e. The zero-order chi connectivity index (χ0) is 43.5. The van der Waals surface area contributed by atoms with Crippen LogP contribution in [0.5, 0.6) is 0 Å². The van der Waals surface area contributed by atoms with Gasteiger partial charge in [0.2, 0.25) is 0 Å². The molecule has 2 heterocycles. The number of anilines is 5. The molecule has 9 aromatic rings. The highest BCUT2D eigenvalue weighted by Gasteiger charge is 2.39. The Kier molecular flexibility index (Phi) is 8.53. The van der Waals surface area contributed by atoms with E-state index < -0.39 is 0 Å². The van der Waals surface area contributed by atoms with E-state index in [-0.39, 0.29) is 10.8 Å². The Morgan fingerprint density at radius 1 is 0.422 bits per heavy atom. The number of rotatable bonds is 4. The number of para-hydroxylation sites is 3. The summed E-state index contributed by atoms with van der Waals surface area (Å²) in [7, 11) is 0. The Balaban J connectivity index is 1.20. The van der Waals surface area contributed by atoms with E-state index in [9.17, 15) is 0 Å². The summed E-state index contributed by atoms with van der Waals surface area (Å²) in [6.07, 6.45) is 6.88. The van der Waals surface area contributed by atoms with Gasteiger partial charge in [-0.3, -0.25) is 0 Å². The Morgan fingerprint density at radius 3 is 1.56 bits per heavy atom. The topological polar surface area (TPSA) is 6.48 Å². The zero-order valence-electron chi connectivity index (χ0n) is 37.6. The molecule has 0 spiro atoms. The van der Waals surface area contributed by atoms with E-state index in [1.54, 1.807) is 0 Å². The fraction of sp³-hybridized carbons (Fsp3) is 0.161. The van der Waals surface area contributed by atoms with Crippen LogP contribution in [-0.2, 0) is 10.8 Å². The van der Waals surface area contributed by atoms with Crippen LogP contribution in [0, 0.1) is 13.8 Å². The van der Waals surface area contributed by atoms with Gasteiger partial charge in [0.1, 0.15) is 0 Å². The van der Waals surface area contributed by atoms with Crippen molar-refractivity contribution in [2.75, 3.05) is 9.80 Å². The highest BCUT2D eigenvalue weighted by Crippen LogP contribution is 2.55. The van der Waals surface area contributed by atoms with Crippen LogP contribution in [0.2, 0.25) is 0 Å². The molecule has 1 aliphatic carbocycles. The highest BCUT2D eigenvalue weighted by atomic mass is 15.2. The molecule has 310 valence electrons. The number of nitrogens with zero attached hydrogens (tertiary/aromatic N) is 2. The van der Waals surface area contributed by atoms with Gasteiger partial charge in [-0.25, -0.2) is 0 Å². The van der Waals surface area contributed by atoms with Crippen LogP contribution in [0.4, 0.5) is 28.4 Å². The van der Waals surface area contributed by atoms with E-state index in [1.807, 2.05) is 0 Å². The van der Waals surface area contributed by atoms with Crippen LogP contribution < -0.4 is 9.80 Å². The second-order valence-corrected chi connectivity index (χ2v) is 19.4. The van der Waals surface area contributed by atoms with Gasteiger partial charge in [0.15, 0.2) is 0 Å². The Bertz CT molecular complexity index is 3420. The van der Waals surface area contributed by atoms with Gasteiger partial charge >= 0.3 is 0 Å². The lowest BCUT2D eigenvalue weighted by atomic mass is 9.70. The van der Waals surface area contributed by atoms with Gasteiger partial charge in [0.05, 0.1) is 17.1 Å². The number of hydrogen-bond acceptors (Lipinski definition) is 2. The van der Waals surface area contributed by atoms with E-state index in [0.29, 0.717) is 0 Å². The van der Waals surface area contributed by atoms with E-state index >= 15 is 0 Å². The van der Waals surface area contributed by atoms with Crippen LogP contribution in [0.25, 0.3) is 54.6 Å². The summed E-state index contributed by atoms with van der Waals surface area (Å²) in [6, 6.07) is 64.5. The van der Waals surface area contributed by atoms with Gasteiger partial charge in [-0.05, 0) is 158 Å². The fourth-order valence-corrected chi connectivity index (χ4v) is 11.8. The molecule has 2 aliphatic heterocycles. The minimum atomic E-state index is -0.142. The normalized spacial score (nSPS) is 15.9. The number of aryl methyl sites for hydroxylation is 2. The van der Waals surface area contributed by atoms with E-state index in [1.165, 1.54) is 116 Å². The number of hydrogen-bond donors (Lipinski definition) is 0. The first-order valence-corrected chi connectivity index (χ1v) is 23.0. The van der Waals surface area contributed by atoms with Crippen molar-refractivity contribution in [1.29, 1.82) is 0 Å². The maximum absolute atomic E-state index is 2.55. The Hall–Kier alpha value is -7.16. The standard InChI is InChI=1S/C62H52N2/c1-39-33-40(2)35-44(34-39)60-48-32-30-45(63-55-23-13-9-19-51(55)61(3,4)52-20-10-14-24-56(52)63)37-49(48)59(43-28-27-41-17-7-8-18-42(41)36-43)47-31-29-46(38-50(47)60)64-57-25-15-11-21-53(57)62(5,6)54-22-12-16-26-58(54)64/h7-9,11-19,21-38H,10,20H2,1-6H3. The Morgan fingerprint density at radius 2 is 0.938 bits per heavy atom. The lowest BCUT2D eigenvalue weighted by Crippen LogP contribution is -2.34. The molecular formula is C62H52N2. The summed E-state index contributed by atoms with van der Waals surface area (Å²) in [5, 5.41) is 7.48. The molecular weight excluding hydrogens is 773 g/mol. The van der Waals surface area contributed by atoms with Gasteiger partial charge in [-0.2, -0.15) is 0 Å². The van der Waals surface area contributed by atoms with Gasteiger partial charge in [0.25, 0.3) is 0 Å². The molecule has 0 amide bonds. The molecule has 9 aromatic carbocycles. The molecule has 12 rings (SSSR count). The number of fused-ring (bicyclic) bond motifs is 6. The van der Waals surface area contributed by atoms with Crippen molar-refractivity contribution >= 4 is 60.8 Å². The summed E-state index contributed by atoms with van der Waals surface area (Å²) in [5.41, 5.74) is 20.2. The maximum Gasteiger partial charge on any atom is 0.0502 e. The minimum absolute atomic E-state index is 0.0600. The highest BCUT2D eigenvalue weighted by molar-refractivity contribution is 6.23. The van der Waals surface area contributed by atoms with Crippen molar-refractivity contribution in [2.24, 2.45) is 0 Å². The predicted octanol–water partition coefficient (Wildman–Crippen LogP) is 17.2. The van der Waals surface area contributed by atoms with Crippen LogP contribution in [0.15, 0.2) is 193 Å². The lowest BCUT2D eigenvalue weighted by molar-refractivity contribution is 0.571. The summed E-state index contributed by atoms with van der Waals surface area (Å²) in [4.78, 5) is 5.05. The molecule has 0 atom stereocenters. The Labute approximate surface area is 377 Å². The smallest absolute Gasteiger partial charge is 0.0502 e. The van der Waals surface area contributed by atoms with E-state index in [4.69, 9.17) is 0 Å². The van der Waals surface area contributed by atoms with Crippen molar-refractivity contribution in [3.8, 4) is 22.3 Å². The summed E-state index contributed by atoms with van der Waals surface area (Å²) < 4.78 is 0. The van der Waals surface area contributed by atoms with Gasteiger partial charge in [0, 0.05) is 27.9 Å². The quantitative estimate of drug-likeness (QED) is 0.163. The SMILES string of the molecule is Cc1cc(C)cc(-c2c3ccc(N4C5=C(CCC=C5)C(C)(C)c5ccccc54)cc3c(-c3ccc4ccccc4c3)c3ccc(N4c5ccccc5C(C)(C)c5ccccc54)cc23)c1. The van der Waals surface area contributed by atoms with E-state index in [2.05, 4.69) is 233 Å².